The Kier molecular flexibility index (Phi) is 2.77. The van der Waals surface area contributed by atoms with Crippen molar-refractivity contribution < 1.29 is 0 Å². The van der Waals surface area contributed by atoms with Gasteiger partial charge in [0.1, 0.15) is 0 Å². The fourth-order valence-corrected chi connectivity index (χ4v) is 3.82. The van der Waals surface area contributed by atoms with Crippen LogP contribution < -0.4 is 10.4 Å². The summed E-state index contributed by atoms with van der Waals surface area (Å²) in [6.07, 6.45) is 10.9. The molecule has 0 spiro atoms. The molecule has 2 aliphatic carbocycles. The molecule has 0 unspecified atom stereocenters. The van der Waals surface area contributed by atoms with Crippen molar-refractivity contribution in [2.45, 2.75) is 39.0 Å². The molecule has 2 aliphatic rings. The molecule has 0 bridgehead atoms. The van der Waals surface area contributed by atoms with Gasteiger partial charge >= 0.3 is 0 Å². The second kappa shape index (κ2) is 4.63. The highest BCUT2D eigenvalue weighted by atomic mass is 14.2. The van der Waals surface area contributed by atoms with Crippen LogP contribution in [-0.4, -0.2) is 0 Å². The molecular formula is C20H20. The Morgan fingerprint density at radius 3 is 2.80 bits per heavy atom. The monoisotopic (exact) mass is 260 g/mol. The zero-order valence-corrected chi connectivity index (χ0v) is 12.1. The molecule has 0 nitrogen and oxygen atoms in total. The summed E-state index contributed by atoms with van der Waals surface area (Å²) >= 11 is 0. The van der Waals surface area contributed by atoms with E-state index in [2.05, 4.69) is 49.4 Å². The number of aryl methyl sites for hydroxylation is 1. The average Bonchev–Trinajstić information content (AvgIpc) is 2.53. The number of benzene rings is 2. The van der Waals surface area contributed by atoms with Gasteiger partial charge in [0.15, 0.2) is 0 Å². The Bertz CT molecular complexity index is 885. The first-order chi connectivity index (χ1) is 9.88. The lowest BCUT2D eigenvalue weighted by Crippen LogP contribution is -2.21. The summed E-state index contributed by atoms with van der Waals surface area (Å²) in [5.41, 5.74) is 4.68. The van der Waals surface area contributed by atoms with Gasteiger partial charge in [-0.3, -0.25) is 0 Å². The Morgan fingerprint density at radius 1 is 0.950 bits per heavy atom. The van der Waals surface area contributed by atoms with Crippen molar-refractivity contribution >= 4 is 12.2 Å². The molecule has 0 heterocycles. The Morgan fingerprint density at radius 2 is 1.90 bits per heavy atom. The maximum atomic E-state index is 2.45. The van der Waals surface area contributed by atoms with Crippen molar-refractivity contribution in [1.82, 2.24) is 0 Å². The predicted octanol–water partition coefficient (Wildman–Crippen LogP) is 2.99. The standard InChI is InChI=1S/C20H20/c1-2-14-7-5-9-18-17(14)12-13-19-16-8-4-3-6-15(16)10-11-20(18)19/h5-7,9-12H,2-4,8,13H2,1H3. The fourth-order valence-electron chi connectivity index (χ4n) is 3.82. The van der Waals surface area contributed by atoms with Gasteiger partial charge in [0, 0.05) is 0 Å². The van der Waals surface area contributed by atoms with Crippen molar-refractivity contribution in [3.8, 4) is 0 Å². The van der Waals surface area contributed by atoms with Crippen LogP contribution >= 0.6 is 0 Å². The van der Waals surface area contributed by atoms with Crippen molar-refractivity contribution in [3.05, 3.63) is 67.9 Å². The van der Waals surface area contributed by atoms with Crippen LogP contribution in [0.4, 0.5) is 0 Å². The van der Waals surface area contributed by atoms with Crippen molar-refractivity contribution in [2.24, 2.45) is 0 Å². The van der Waals surface area contributed by atoms with Crippen LogP contribution in [0.3, 0.4) is 0 Å². The summed E-state index contributed by atoms with van der Waals surface area (Å²) in [7, 11) is 0. The van der Waals surface area contributed by atoms with Gasteiger partial charge in [-0.2, -0.15) is 0 Å². The van der Waals surface area contributed by atoms with Gasteiger partial charge in [-0.25, -0.2) is 0 Å². The lowest BCUT2D eigenvalue weighted by atomic mass is 9.88. The summed E-state index contributed by atoms with van der Waals surface area (Å²) in [4.78, 5) is 0. The van der Waals surface area contributed by atoms with Gasteiger partial charge in [0.05, 0.1) is 0 Å². The fraction of sp³-hybridized carbons (Fsp3) is 0.300. The molecule has 2 aromatic rings. The Hall–Kier alpha value is -1.82. The Balaban J connectivity index is 2.20. The first-order valence-corrected chi connectivity index (χ1v) is 7.82. The second-order valence-electron chi connectivity index (χ2n) is 5.90. The van der Waals surface area contributed by atoms with Crippen LogP contribution in [0.15, 0.2) is 30.3 Å². The van der Waals surface area contributed by atoms with Crippen molar-refractivity contribution in [2.75, 3.05) is 0 Å². The van der Waals surface area contributed by atoms with Gasteiger partial charge in [-0.15, -0.1) is 0 Å². The molecule has 0 aliphatic heterocycles. The maximum absolute atomic E-state index is 2.45. The molecule has 0 saturated heterocycles. The molecule has 0 fully saturated rings. The van der Waals surface area contributed by atoms with Gasteiger partial charge in [0.2, 0.25) is 0 Å². The van der Waals surface area contributed by atoms with Crippen LogP contribution in [0.5, 0.6) is 0 Å². The van der Waals surface area contributed by atoms with Gasteiger partial charge in [-0.1, -0.05) is 49.4 Å². The number of hydrogen-bond donors (Lipinski definition) is 0. The summed E-state index contributed by atoms with van der Waals surface area (Å²) < 4.78 is 0. The summed E-state index contributed by atoms with van der Waals surface area (Å²) in [5, 5.41) is 5.88. The molecule has 0 atom stereocenters. The zero-order valence-electron chi connectivity index (χ0n) is 12.1. The maximum Gasteiger partial charge on any atom is -0.00790 e. The van der Waals surface area contributed by atoms with E-state index in [4.69, 9.17) is 0 Å². The lowest BCUT2D eigenvalue weighted by molar-refractivity contribution is 0.824. The van der Waals surface area contributed by atoms with Crippen LogP contribution in [0.2, 0.25) is 0 Å². The third-order valence-corrected chi connectivity index (χ3v) is 4.84. The topological polar surface area (TPSA) is 0 Å². The van der Waals surface area contributed by atoms with Gasteiger partial charge < -0.3 is 0 Å². The third kappa shape index (κ3) is 1.67. The summed E-state index contributed by atoms with van der Waals surface area (Å²) in [6, 6.07) is 11.5. The molecule has 0 aromatic heterocycles. The van der Waals surface area contributed by atoms with E-state index in [9.17, 15) is 0 Å². The van der Waals surface area contributed by atoms with E-state index < -0.39 is 0 Å². The Labute approximate surface area is 119 Å². The molecule has 0 N–H and O–H groups in total. The van der Waals surface area contributed by atoms with E-state index in [-0.39, 0.29) is 0 Å². The third-order valence-electron chi connectivity index (χ3n) is 4.84. The van der Waals surface area contributed by atoms with Gasteiger partial charge in [0.25, 0.3) is 0 Å². The van der Waals surface area contributed by atoms with E-state index in [0.29, 0.717) is 0 Å². The highest BCUT2D eigenvalue weighted by Crippen LogP contribution is 2.17. The average molecular weight is 260 g/mol. The van der Waals surface area contributed by atoms with Crippen LogP contribution in [-0.2, 0) is 19.3 Å². The van der Waals surface area contributed by atoms with Crippen LogP contribution in [0, 0.1) is 10.4 Å². The molecule has 0 radical (unpaired) electrons. The number of fused-ring (bicyclic) bond motifs is 4. The van der Waals surface area contributed by atoms with E-state index >= 15 is 0 Å². The van der Waals surface area contributed by atoms with E-state index in [1.165, 1.54) is 45.7 Å². The quantitative estimate of drug-likeness (QED) is 0.739. The molecule has 0 saturated carbocycles. The molecule has 2 aromatic carbocycles. The van der Waals surface area contributed by atoms with Crippen LogP contribution in [0.1, 0.15) is 36.5 Å². The highest BCUT2D eigenvalue weighted by molar-refractivity contribution is 5.48. The van der Waals surface area contributed by atoms with Crippen molar-refractivity contribution in [3.63, 3.8) is 0 Å². The largest absolute Gasteiger partial charge is 0.0770 e. The predicted molar refractivity (Wildman–Crippen MR) is 84.8 cm³/mol. The SMILES string of the molecule is CCc1cccc2c1=CCc1c3c(ccc1=2)=CCCC3. The van der Waals surface area contributed by atoms with Gasteiger partial charge in [-0.05, 0) is 69.7 Å². The minimum Gasteiger partial charge on any atom is -0.0770 e. The molecule has 0 amide bonds. The summed E-state index contributed by atoms with van der Waals surface area (Å²) in [5.74, 6) is 0. The second-order valence-corrected chi connectivity index (χ2v) is 5.90. The molecule has 100 valence electrons. The smallest absolute Gasteiger partial charge is 0.00790 e. The minimum atomic E-state index is 1.11. The van der Waals surface area contributed by atoms with Crippen molar-refractivity contribution in [1.29, 1.82) is 0 Å². The molecule has 20 heavy (non-hydrogen) atoms. The summed E-state index contributed by atoms with van der Waals surface area (Å²) in [6.45, 7) is 2.25. The molecular weight excluding hydrogens is 240 g/mol. The number of rotatable bonds is 1. The van der Waals surface area contributed by atoms with E-state index in [0.717, 1.165) is 12.8 Å². The van der Waals surface area contributed by atoms with E-state index in [1.807, 2.05) is 0 Å². The normalized spacial score (nSPS) is 15.4. The zero-order chi connectivity index (χ0) is 13.5. The molecule has 4 rings (SSSR count). The molecule has 0 heteroatoms. The first-order valence-electron chi connectivity index (χ1n) is 7.82. The minimum absolute atomic E-state index is 1.11. The lowest BCUT2D eigenvalue weighted by Gasteiger charge is -2.17. The first kappa shape index (κ1) is 12.0. The number of hydrogen-bond acceptors (Lipinski definition) is 0. The van der Waals surface area contributed by atoms with E-state index in [1.54, 1.807) is 11.1 Å². The highest BCUT2D eigenvalue weighted by Gasteiger charge is 2.11. The van der Waals surface area contributed by atoms with Crippen LogP contribution in [0.25, 0.3) is 12.2 Å².